The monoisotopic (exact) mass is 602 g/mol. The van der Waals surface area contributed by atoms with Crippen molar-refractivity contribution < 1.29 is 89.5 Å². The fourth-order valence-electron chi connectivity index (χ4n) is 3.40. The van der Waals surface area contributed by atoms with E-state index in [0.29, 0.717) is 0 Å². The van der Waals surface area contributed by atoms with Crippen molar-refractivity contribution in [2.45, 2.75) is 53.8 Å². The Morgan fingerprint density at radius 2 is 1.32 bits per heavy atom. The number of nitrogens with one attached hydrogen (secondary N) is 1. The first-order valence-corrected chi connectivity index (χ1v) is 9.57. The third-order valence-corrected chi connectivity index (χ3v) is 5.46. The molecule has 2 unspecified atom stereocenters. The molecule has 1 fully saturated rings. The van der Waals surface area contributed by atoms with Crippen LogP contribution in [-0.2, 0) is 9.59 Å². The smallest absolute Gasteiger partial charge is 0.443 e. The summed E-state index contributed by atoms with van der Waals surface area (Å²) >= 11 is 0. The van der Waals surface area contributed by atoms with Gasteiger partial charge in [-0.05, 0) is 5.12 Å². The number of quaternary nitrogens is 1. The third-order valence-electron chi connectivity index (χ3n) is 5.46. The van der Waals surface area contributed by atoms with E-state index in [1.165, 1.54) is 14.1 Å². The Morgan fingerprint density at radius 3 is 1.71 bits per heavy atom. The molecule has 0 saturated carbocycles. The first kappa shape index (κ1) is 33.8. The normalized spacial score (nSPS) is 28.2. The number of hydrogen-bond acceptors (Lipinski definition) is 3. The number of carboxylic acids is 1. The number of nitrogens with zero attached hydrogens (tertiary/aromatic N) is 2. The van der Waals surface area contributed by atoms with Crippen molar-refractivity contribution >= 4 is 11.9 Å². The molecule has 0 radical (unpaired) electrons. The van der Waals surface area contributed by atoms with E-state index in [4.69, 9.17) is 5.11 Å². The molecule has 6 nitrogen and oxygen atoms in total. The minimum atomic E-state index is -8.60. The lowest BCUT2D eigenvalue weighted by Crippen LogP contribution is -2.91. The molecular weight excluding hydrogens is 586 g/mol. The number of halogens is 16. The fraction of sp³-hybridized carbons (Fsp3) is 0.875. The molecule has 22 heteroatoms. The average molecular weight is 602 g/mol. The molecule has 1 aliphatic heterocycles. The van der Waals surface area contributed by atoms with Gasteiger partial charge in [0.15, 0.2) is 6.54 Å². The van der Waals surface area contributed by atoms with Gasteiger partial charge in [0.2, 0.25) is 0 Å². The van der Waals surface area contributed by atoms with E-state index in [9.17, 15) is 79.9 Å². The molecule has 2 N–H and O–H groups in total. The van der Waals surface area contributed by atoms with Gasteiger partial charge in [-0.2, -0.15) is 57.1 Å². The molecule has 1 rings (SSSR count). The summed E-state index contributed by atoms with van der Waals surface area (Å²) in [4.78, 5) is 22.2. The Labute approximate surface area is 200 Å². The van der Waals surface area contributed by atoms with E-state index in [0.717, 1.165) is 5.32 Å². The lowest BCUT2D eigenvalue weighted by Gasteiger charge is -2.56. The van der Waals surface area contributed by atoms with Crippen LogP contribution in [0.2, 0.25) is 0 Å². The van der Waals surface area contributed by atoms with Gasteiger partial charge >= 0.3 is 53.3 Å². The van der Waals surface area contributed by atoms with E-state index >= 15 is 0 Å². The standard InChI is InChI=1S/C16H15F16N3O3/c1-35(2,6-7(36)37)5-3-4-33-8(38)9(17,18)11(20,21)10(19)12(22,23)13(24,25)16(30,31)34(32)14(10,26)15(27,28)29/h3-6H2,1-2H3,(H-,33,36,37,38)/p+1. The summed E-state index contributed by atoms with van der Waals surface area (Å²) < 4.78 is 221. The topological polar surface area (TPSA) is 69.6 Å². The highest BCUT2D eigenvalue weighted by atomic mass is 19.4. The van der Waals surface area contributed by atoms with Crippen LogP contribution < -0.4 is 5.32 Å². The molecule has 1 amide bonds. The Kier molecular flexibility index (Phi) is 8.13. The Morgan fingerprint density at radius 1 is 0.868 bits per heavy atom. The number of likely N-dealkylation sites (N-methyl/N-ethyl adjacent to an activating group) is 1. The van der Waals surface area contributed by atoms with Crippen molar-refractivity contribution in [2.75, 3.05) is 33.7 Å². The van der Waals surface area contributed by atoms with E-state index in [1.54, 1.807) is 0 Å². The largest absolute Gasteiger partial charge is 0.477 e. The number of alkyl halides is 15. The summed E-state index contributed by atoms with van der Waals surface area (Å²) in [7, 11) is 2.40. The summed E-state index contributed by atoms with van der Waals surface area (Å²) in [5.41, 5.74) is -8.60. The highest BCUT2D eigenvalue weighted by molar-refractivity contribution is 5.85. The Hall–Kier alpha value is -2.26. The first-order chi connectivity index (χ1) is 16.4. The molecule has 1 aliphatic rings. The number of carboxylic acid groups (broad SMARTS) is 1. The molecule has 0 bridgehead atoms. The number of piperidine rings is 1. The van der Waals surface area contributed by atoms with Crippen molar-refractivity contribution in [1.29, 1.82) is 0 Å². The minimum absolute atomic E-state index is 0.376. The van der Waals surface area contributed by atoms with Crippen LogP contribution in [0.5, 0.6) is 0 Å². The van der Waals surface area contributed by atoms with Crippen LogP contribution >= 0.6 is 0 Å². The van der Waals surface area contributed by atoms with Crippen LogP contribution in [0, 0.1) is 0 Å². The van der Waals surface area contributed by atoms with Crippen molar-refractivity contribution in [1.82, 2.24) is 10.4 Å². The van der Waals surface area contributed by atoms with Crippen LogP contribution in [0.1, 0.15) is 6.42 Å². The van der Waals surface area contributed by atoms with Crippen LogP contribution in [0.3, 0.4) is 0 Å². The SMILES string of the molecule is C[N+](C)(CCCNC(=O)C(F)(F)C(F)(F)C1(F)C(F)(F)C(F)(F)C(F)(F)N(F)C1(F)C(F)(F)F)CC(=O)O. The van der Waals surface area contributed by atoms with E-state index in [2.05, 4.69) is 0 Å². The van der Waals surface area contributed by atoms with Gasteiger partial charge in [0.25, 0.3) is 5.91 Å². The van der Waals surface area contributed by atoms with Gasteiger partial charge in [-0.15, -0.1) is 4.48 Å². The summed E-state index contributed by atoms with van der Waals surface area (Å²) in [5, 5.41) is 5.02. The number of amides is 1. The van der Waals surface area contributed by atoms with Gasteiger partial charge in [0.05, 0.1) is 20.6 Å². The Balaban J connectivity index is 3.59. The quantitative estimate of drug-likeness (QED) is 0.138. The molecule has 0 aromatic carbocycles. The second-order valence-corrected chi connectivity index (χ2v) is 8.72. The number of rotatable bonds is 9. The predicted molar refractivity (Wildman–Crippen MR) is 88.5 cm³/mol. The van der Waals surface area contributed by atoms with Gasteiger partial charge in [-0.1, -0.05) is 0 Å². The third kappa shape index (κ3) is 4.30. The zero-order valence-electron chi connectivity index (χ0n) is 18.5. The van der Waals surface area contributed by atoms with Gasteiger partial charge in [-0.25, -0.2) is 13.6 Å². The summed E-state index contributed by atoms with van der Waals surface area (Å²) in [6.45, 7) is -2.26. The lowest BCUT2D eigenvalue weighted by molar-refractivity contribution is -0.883. The molecule has 1 saturated heterocycles. The molecule has 0 aromatic heterocycles. The average Bonchev–Trinajstić information content (AvgIpc) is 2.71. The summed E-state index contributed by atoms with van der Waals surface area (Å²) in [5.74, 6) is -45.5. The zero-order valence-corrected chi connectivity index (χ0v) is 18.5. The van der Waals surface area contributed by atoms with E-state index in [-0.39, 0.29) is 6.54 Å². The van der Waals surface area contributed by atoms with Gasteiger partial charge in [0, 0.05) is 13.0 Å². The highest BCUT2D eigenvalue weighted by Crippen LogP contribution is 2.71. The van der Waals surface area contributed by atoms with Crippen LogP contribution in [0.25, 0.3) is 0 Å². The number of carbonyl (C=O) groups excluding carboxylic acids is 1. The molecule has 224 valence electrons. The van der Waals surface area contributed by atoms with Crippen LogP contribution in [0.15, 0.2) is 0 Å². The molecular formula is C16H16F16N3O3+. The van der Waals surface area contributed by atoms with Gasteiger partial charge in [0.1, 0.15) is 0 Å². The van der Waals surface area contributed by atoms with Gasteiger partial charge < -0.3 is 14.9 Å². The number of aliphatic carboxylic acids is 1. The second kappa shape index (κ2) is 9.15. The maximum Gasteiger partial charge on any atom is 0.443 e. The maximum atomic E-state index is 14.9. The van der Waals surface area contributed by atoms with Crippen molar-refractivity contribution in [3.63, 3.8) is 0 Å². The fourth-order valence-corrected chi connectivity index (χ4v) is 3.40. The minimum Gasteiger partial charge on any atom is -0.477 e. The van der Waals surface area contributed by atoms with Crippen LogP contribution in [0.4, 0.5) is 70.3 Å². The molecule has 0 aliphatic carbocycles. The van der Waals surface area contributed by atoms with Crippen molar-refractivity contribution in [2.24, 2.45) is 0 Å². The Bertz CT molecular complexity index is 939. The molecule has 38 heavy (non-hydrogen) atoms. The summed E-state index contributed by atoms with van der Waals surface area (Å²) in [6.07, 6.45) is -8.72. The van der Waals surface area contributed by atoms with E-state index in [1.807, 2.05) is 0 Å². The first-order valence-electron chi connectivity index (χ1n) is 9.57. The van der Waals surface area contributed by atoms with E-state index < -0.39 is 88.4 Å². The molecule has 0 spiro atoms. The second-order valence-electron chi connectivity index (χ2n) is 8.72. The zero-order chi connectivity index (χ0) is 30.8. The number of hydrogen-bond donors (Lipinski definition) is 2. The molecule has 1 heterocycles. The molecule has 0 aromatic rings. The highest BCUT2D eigenvalue weighted by Gasteiger charge is 3.05. The maximum absolute atomic E-state index is 14.9. The molecule has 2 atom stereocenters. The lowest BCUT2D eigenvalue weighted by atomic mass is 9.71. The van der Waals surface area contributed by atoms with Crippen molar-refractivity contribution in [3.8, 4) is 0 Å². The predicted octanol–water partition coefficient (Wildman–Crippen LogP) is 3.92. The van der Waals surface area contributed by atoms with Crippen LogP contribution in [-0.4, -0.2) is 108 Å². The van der Waals surface area contributed by atoms with Gasteiger partial charge in [-0.3, -0.25) is 4.79 Å². The number of carbonyl (C=O) groups is 2. The summed E-state index contributed by atoms with van der Waals surface area (Å²) in [6, 6.07) is -7.75. The van der Waals surface area contributed by atoms with Crippen molar-refractivity contribution in [3.05, 3.63) is 0 Å².